The molecule has 0 radical (unpaired) electrons. The summed E-state index contributed by atoms with van der Waals surface area (Å²) in [6.45, 7) is 17.7. The van der Waals surface area contributed by atoms with Crippen LogP contribution in [-0.4, -0.2) is 12.1 Å². The van der Waals surface area contributed by atoms with Crippen LogP contribution >= 0.6 is 0 Å². The second-order valence-electron chi connectivity index (χ2n) is 9.42. The van der Waals surface area contributed by atoms with Gasteiger partial charge in [-0.2, -0.15) is 0 Å². The maximum absolute atomic E-state index is 12.8. The fraction of sp³-hybridized carbons (Fsp3) is 0.950. The average molecular weight is 311 g/mol. The van der Waals surface area contributed by atoms with Crippen molar-refractivity contribution in [1.29, 1.82) is 0 Å². The van der Waals surface area contributed by atoms with Crippen LogP contribution in [-0.2, 0) is 9.53 Å². The highest BCUT2D eigenvalue weighted by molar-refractivity contribution is 5.77. The standard InChI is InChI=1S/C20H38O2/c1-14(2)13-20(8,15(3)4)18(21)22-17-11-9-16(10-12-17)19(5,6)7/h14-17H,9-13H2,1-8H3. The summed E-state index contributed by atoms with van der Waals surface area (Å²) in [6, 6.07) is 0. The molecule has 1 saturated carbocycles. The number of carbonyl (C=O) groups is 1. The first-order valence-corrected chi connectivity index (χ1v) is 9.18. The van der Waals surface area contributed by atoms with Crippen LogP contribution in [0.4, 0.5) is 0 Å². The molecule has 1 unspecified atom stereocenters. The van der Waals surface area contributed by atoms with E-state index in [1.165, 1.54) is 12.8 Å². The SMILES string of the molecule is CC(C)CC(C)(C(=O)OC1CCC(C(C)(C)C)CC1)C(C)C. The van der Waals surface area contributed by atoms with Crippen molar-refractivity contribution < 1.29 is 9.53 Å². The second-order valence-corrected chi connectivity index (χ2v) is 9.42. The quantitative estimate of drug-likeness (QED) is 0.596. The lowest BCUT2D eigenvalue weighted by Crippen LogP contribution is -2.39. The molecule has 0 aromatic heterocycles. The molecule has 0 saturated heterocycles. The second kappa shape index (κ2) is 7.36. The topological polar surface area (TPSA) is 26.3 Å². The van der Waals surface area contributed by atoms with Crippen LogP contribution in [0.25, 0.3) is 0 Å². The molecule has 1 atom stereocenters. The summed E-state index contributed by atoms with van der Waals surface area (Å²) < 4.78 is 5.94. The van der Waals surface area contributed by atoms with Crippen molar-refractivity contribution in [3.8, 4) is 0 Å². The van der Waals surface area contributed by atoms with E-state index in [0.717, 1.165) is 25.2 Å². The zero-order valence-corrected chi connectivity index (χ0v) is 16.2. The van der Waals surface area contributed by atoms with Gasteiger partial charge in [0.2, 0.25) is 0 Å². The minimum Gasteiger partial charge on any atom is -0.462 e. The normalized spacial score (nSPS) is 26.1. The molecule has 2 nitrogen and oxygen atoms in total. The van der Waals surface area contributed by atoms with Gasteiger partial charge in [0.25, 0.3) is 0 Å². The summed E-state index contributed by atoms with van der Waals surface area (Å²) in [4.78, 5) is 12.8. The Labute approximate surface area is 138 Å². The van der Waals surface area contributed by atoms with Gasteiger partial charge < -0.3 is 4.74 Å². The van der Waals surface area contributed by atoms with Gasteiger partial charge in [0.05, 0.1) is 5.41 Å². The summed E-state index contributed by atoms with van der Waals surface area (Å²) in [6.07, 6.45) is 5.47. The van der Waals surface area contributed by atoms with Crippen molar-refractivity contribution in [3.05, 3.63) is 0 Å². The Kier molecular flexibility index (Phi) is 6.53. The Bertz CT molecular complexity index is 356. The highest BCUT2D eigenvalue weighted by atomic mass is 16.5. The van der Waals surface area contributed by atoms with Crippen LogP contribution < -0.4 is 0 Å². The highest BCUT2D eigenvalue weighted by Crippen LogP contribution is 2.40. The molecule has 0 bridgehead atoms. The third kappa shape index (κ3) is 4.99. The number of rotatable bonds is 5. The Balaban J connectivity index is 2.61. The van der Waals surface area contributed by atoms with E-state index in [4.69, 9.17) is 4.74 Å². The minimum atomic E-state index is -0.352. The van der Waals surface area contributed by atoms with Crippen molar-refractivity contribution in [2.45, 2.75) is 93.6 Å². The number of hydrogen-bond donors (Lipinski definition) is 0. The molecule has 1 rings (SSSR count). The minimum absolute atomic E-state index is 0.0235. The summed E-state index contributed by atoms with van der Waals surface area (Å²) in [5.74, 6) is 1.61. The Morgan fingerprint density at radius 3 is 1.86 bits per heavy atom. The van der Waals surface area contributed by atoms with Crippen LogP contribution in [0.2, 0.25) is 0 Å². The molecule has 2 heteroatoms. The van der Waals surface area contributed by atoms with Crippen molar-refractivity contribution in [2.75, 3.05) is 0 Å². The van der Waals surface area contributed by atoms with Gasteiger partial charge >= 0.3 is 5.97 Å². The maximum Gasteiger partial charge on any atom is 0.312 e. The summed E-state index contributed by atoms with van der Waals surface area (Å²) >= 11 is 0. The van der Waals surface area contributed by atoms with Gasteiger partial charge in [-0.05, 0) is 62.2 Å². The predicted molar refractivity (Wildman–Crippen MR) is 93.7 cm³/mol. The molecule has 0 amide bonds. The lowest BCUT2D eigenvalue weighted by atomic mass is 9.71. The van der Waals surface area contributed by atoms with E-state index in [0.29, 0.717) is 17.3 Å². The van der Waals surface area contributed by atoms with Crippen LogP contribution in [0.3, 0.4) is 0 Å². The molecule has 1 fully saturated rings. The Morgan fingerprint density at radius 2 is 1.50 bits per heavy atom. The molecular formula is C20H38O2. The van der Waals surface area contributed by atoms with E-state index in [1.54, 1.807) is 0 Å². The third-order valence-electron chi connectivity index (χ3n) is 5.75. The van der Waals surface area contributed by atoms with Crippen LogP contribution in [0, 0.1) is 28.6 Å². The van der Waals surface area contributed by atoms with Crippen molar-refractivity contribution in [3.63, 3.8) is 0 Å². The van der Waals surface area contributed by atoms with Crippen molar-refractivity contribution in [2.24, 2.45) is 28.6 Å². The maximum atomic E-state index is 12.8. The molecule has 22 heavy (non-hydrogen) atoms. The highest BCUT2D eigenvalue weighted by Gasteiger charge is 2.40. The van der Waals surface area contributed by atoms with Gasteiger partial charge in [-0.15, -0.1) is 0 Å². The van der Waals surface area contributed by atoms with Gasteiger partial charge in [-0.1, -0.05) is 48.5 Å². The third-order valence-corrected chi connectivity index (χ3v) is 5.75. The van der Waals surface area contributed by atoms with E-state index >= 15 is 0 Å². The van der Waals surface area contributed by atoms with E-state index in [1.807, 2.05) is 0 Å². The molecular weight excluding hydrogens is 272 g/mol. The van der Waals surface area contributed by atoms with E-state index in [2.05, 4.69) is 55.4 Å². The molecule has 0 aromatic carbocycles. The monoisotopic (exact) mass is 310 g/mol. The summed E-state index contributed by atoms with van der Waals surface area (Å²) in [5, 5.41) is 0. The molecule has 0 N–H and O–H groups in total. The molecule has 1 aliphatic rings. The Morgan fingerprint density at radius 1 is 1.00 bits per heavy atom. The largest absolute Gasteiger partial charge is 0.462 e. The first kappa shape index (κ1) is 19.5. The van der Waals surface area contributed by atoms with Gasteiger partial charge in [-0.25, -0.2) is 0 Å². The van der Waals surface area contributed by atoms with E-state index in [-0.39, 0.29) is 17.5 Å². The van der Waals surface area contributed by atoms with Gasteiger partial charge in [0.1, 0.15) is 6.10 Å². The van der Waals surface area contributed by atoms with Crippen molar-refractivity contribution >= 4 is 5.97 Å². The fourth-order valence-electron chi connectivity index (χ4n) is 3.74. The van der Waals surface area contributed by atoms with Crippen LogP contribution in [0.15, 0.2) is 0 Å². The predicted octanol–water partition coefficient (Wildman–Crippen LogP) is 5.84. The lowest BCUT2D eigenvalue weighted by molar-refractivity contribution is -0.167. The first-order chi connectivity index (χ1) is 9.96. The zero-order chi connectivity index (χ0) is 17.1. The molecule has 1 aliphatic carbocycles. The van der Waals surface area contributed by atoms with Gasteiger partial charge in [0, 0.05) is 0 Å². The lowest BCUT2D eigenvalue weighted by Gasteiger charge is -2.39. The van der Waals surface area contributed by atoms with E-state index in [9.17, 15) is 4.79 Å². The van der Waals surface area contributed by atoms with E-state index < -0.39 is 0 Å². The summed E-state index contributed by atoms with van der Waals surface area (Å²) in [5.41, 5.74) is 0.0219. The number of esters is 1. The fourth-order valence-corrected chi connectivity index (χ4v) is 3.74. The molecule has 0 aromatic rings. The van der Waals surface area contributed by atoms with Gasteiger partial charge in [0.15, 0.2) is 0 Å². The van der Waals surface area contributed by atoms with Crippen LogP contribution in [0.1, 0.15) is 87.5 Å². The van der Waals surface area contributed by atoms with Gasteiger partial charge in [-0.3, -0.25) is 4.79 Å². The molecule has 130 valence electrons. The molecule has 0 heterocycles. The summed E-state index contributed by atoms with van der Waals surface area (Å²) in [7, 11) is 0. The smallest absolute Gasteiger partial charge is 0.312 e. The van der Waals surface area contributed by atoms with Crippen molar-refractivity contribution in [1.82, 2.24) is 0 Å². The number of hydrogen-bond acceptors (Lipinski definition) is 2. The molecule has 0 aliphatic heterocycles. The number of ether oxygens (including phenoxy) is 1. The average Bonchev–Trinajstić information content (AvgIpc) is 2.37. The van der Waals surface area contributed by atoms with Crippen LogP contribution in [0.5, 0.6) is 0 Å². The first-order valence-electron chi connectivity index (χ1n) is 9.18. The Hall–Kier alpha value is -0.530. The molecule has 0 spiro atoms. The number of carbonyl (C=O) groups excluding carboxylic acids is 1. The zero-order valence-electron chi connectivity index (χ0n) is 16.2.